The van der Waals surface area contributed by atoms with Gasteiger partial charge < -0.3 is 19.5 Å². The first-order valence-corrected chi connectivity index (χ1v) is 11.2. The number of carbonyl (C=O) groups excluding carboxylic acids is 2. The monoisotopic (exact) mass is 477 g/mol. The summed E-state index contributed by atoms with van der Waals surface area (Å²) in [5, 5.41) is 14.2. The van der Waals surface area contributed by atoms with Gasteiger partial charge in [-0.3, -0.25) is 14.9 Å². The van der Waals surface area contributed by atoms with Gasteiger partial charge in [-0.2, -0.15) is 0 Å². The quantitative estimate of drug-likeness (QED) is 0.427. The number of hydrogen-bond acceptors (Lipinski definition) is 6. The highest BCUT2D eigenvalue weighted by atomic mass is 16.6. The number of hydrogen-bond donors (Lipinski definition) is 1. The van der Waals surface area contributed by atoms with Crippen molar-refractivity contribution in [2.24, 2.45) is 0 Å². The number of benzene rings is 2. The maximum Gasteiger partial charge on any atom is 0.410 e. The van der Waals surface area contributed by atoms with Crippen LogP contribution in [0.25, 0.3) is 11.4 Å². The van der Waals surface area contributed by atoms with Gasteiger partial charge in [-0.1, -0.05) is 29.8 Å². The van der Waals surface area contributed by atoms with Crippen LogP contribution in [0.15, 0.2) is 48.5 Å². The summed E-state index contributed by atoms with van der Waals surface area (Å²) in [6.45, 7) is 8.15. The average molecular weight is 478 g/mol. The van der Waals surface area contributed by atoms with Gasteiger partial charge in [0.25, 0.3) is 11.6 Å². The molecular weight excluding hydrogens is 450 g/mol. The van der Waals surface area contributed by atoms with E-state index in [4.69, 9.17) is 4.74 Å². The first-order valence-electron chi connectivity index (χ1n) is 11.2. The summed E-state index contributed by atoms with van der Waals surface area (Å²) in [6, 6.07) is 13.5. The minimum absolute atomic E-state index is 0.0725. The highest BCUT2D eigenvalue weighted by Crippen LogP contribution is 2.30. The van der Waals surface area contributed by atoms with Gasteiger partial charge in [0, 0.05) is 36.5 Å². The van der Waals surface area contributed by atoms with Crippen molar-refractivity contribution in [3.63, 3.8) is 0 Å². The van der Waals surface area contributed by atoms with E-state index in [1.54, 1.807) is 45.0 Å². The molecule has 0 saturated heterocycles. The number of rotatable bonds is 4. The number of nitro groups is 1. The third kappa shape index (κ3) is 5.32. The summed E-state index contributed by atoms with van der Waals surface area (Å²) in [5.41, 5.74) is 2.14. The number of fused-ring (bicyclic) bond motifs is 1. The Balaban J connectivity index is 1.73. The molecule has 35 heavy (non-hydrogen) atoms. The summed E-state index contributed by atoms with van der Waals surface area (Å²) in [6.07, 6.45) is -0.480. The molecule has 1 aliphatic heterocycles. The third-order valence-electron chi connectivity index (χ3n) is 5.50. The molecule has 2 heterocycles. The standard InChI is InChI=1S/C25H27N5O5/c1-16-8-10-18(11-9-16)26-23(31)21-20-15-28(24(32)35-25(2,3)4)12-13-29(20)22(27-21)17-6-5-7-19(14-17)30(33)34/h5-11,14H,12-13,15H2,1-4H3,(H,26,31). The van der Waals surface area contributed by atoms with E-state index >= 15 is 0 Å². The van der Waals surface area contributed by atoms with Crippen LogP contribution in [-0.4, -0.2) is 43.5 Å². The lowest BCUT2D eigenvalue weighted by Crippen LogP contribution is -2.42. The van der Waals surface area contributed by atoms with Crippen LogP contribution in [0.4, 0.5) is 16.2 Å². The SMILES string of the molecule is Cc1ccc(NC(=O)c2nc(-c3cccc([N+](=O)[O-])c3)n3c2CN(C(=O)OC(C)(C)C)CC3)cc1. The lowest BCUT2D eigenvalue weighted by atomic mass is 10.2. The van der Waals surface area contributed by atoms with Crippen LogP contribution in [0.2, 0.25) is 0 Å². The lowest BCUT2D eigenvalue weighted by molar-refractivity contribution is -0.384. The van der Waals surface area contributed by atoms with Crippen LogP contribution >= 0.6 is 0 Å². The van der Waals surface area contributed by atoms with Crippen molar-refractivity contribution in [1.29, 1.82) is 0 Å². The van der Waals surface area contributed by atoms with Crippen LogP contribution in [0.1, 0.15) is 42.5 Å². The number of ether oxygens (including phenoxy) is 1. The smallest absolute Gasteiger partial charge is 0.410 e. The Kier molecular flexibility index (Phi) is 6.29. The lowest BCUT2D eigenvalue weighted by Gasteiger charge is -2.31. The predicted molar refractivity (Wildman–Crippen MR) is 130 cm³/mol. The summed E-state index contributed by atoms with van der Waals surface area (Å²) in [7, 11) is 0. The van der Waals surface area contributed by atoms with Gasteiger partial charge in [0.2, 0.25) is 0 Å². The zero-order chi connectivity index (χ0) is 25.3. The maximum atomic E-state index is 13.3. The molecule has 2 aromatic carbocycles. The fraction of sp³-hybridized carbons (Fsp3) is 0.320. The molecule has 1 aromatic heterocycles. The van der Waals surface area contributed by atoms with E-state index in [2.05, 4.69) is 10.3 Å². The molecule has 4 rings (SSSR count). The Morgan fingerprint density at radius 1 is 1.11 bits per heavy atom. The minimum Gasteiger partial charge on any atom is -0.444 e. The molecule has 0 atom stereocenters. The summed E-state index contributed by atoms with van der Waals surface area (Å²) < 4.78 is 7.35. The normalized spacial score (nSPS) is 13.2. The average Bonchev–Trinajstić information content (AvgIpc) is 3.18. The Morgan fingerprint density at radius 2 is 1.83 bits per heavy atom. The number of nitrogens with zero attached hydrogens (tertiary/aromatic N) is 4. The number of aryl methyl sites for hydroxylation is 1. The first-order chi connectivity index (χ1) is 16.5. The molecule has 0 bridgehead atoms. The van der Waals surface area contributed by atoms with Gasteiger partial charge in [0.05, 0.1) is 17.2 Å². The Bertz CT molecular complexity index is 1290. The number of imidazole rings is 1. The first kappa shape index (κ1) is 23.9. The van der Waals surface area contributed by atoms with Crippen molar-refractivity contribution in [2.45, 2.75) is 46.4 Å². The van der Waals surface area contributed by atoms with Crippen LogP contribution in [0.5, 0.6) is 0 Å². The van der Waals surface area contributed by atoms with E-state index < -0.39 is 22.5 Å². The van der Waals surface area contributed by atoms with Crippen molar-refractivity contribution >= 4 is 23.4 Å². The molecular formula is C25H27N5O5. The van der Waals surface area contributed by atoms with Gasteiger partial charge in [-0.05, 0) is 39.8 Å². The zero-order valence-corrected chi connectivity index (χ0v) is 20.1. The molecule has 0 unspecified atom stereocenters. The summed E-state index contributed by atoms with van der Waals surface area (Å²) in [4.78, 5) is 42.9. The fourth-order valence-corrected chi connectivity index (χ4v) is 3.84. The molecule has 10 nitrogen and oxygen atoms in total. The van der Waals surface area contributed by atoms with Crippen molar-refractivity contribution in [3.8, 4) is 11.4 Å². The summed E-state index contributed by atoms with van der Waals surface area (Å²) >= 11 is 0. The minimum atomic E-state index is -0.658. The van der Waals surface area contributed by atoms with Crippen LogP contribution in [0, 0.1) is 17.0 Å². The van der Waals surface area contributed by atoms with Crippen molar-refractivity contribution in [2.75, 3.05) is 11.9 Å². The molecule has 0 spiro atoms. The molecule has 0 radical (unpaired) electrons. The van der Waals surface area contributed by atoms with Gasteiger partial charge in [-0.25, -0.2) is 9.78 Å². The molecule has 0 saturated carbocycles. The number of amides is 2. The van der Waals surface area contributed by atoms with Crippen LogP contribution in [-0.2, 0) is 17.8 Å². The van der Waals surface area contributed by atoms with Gasteiger partial charge in [0.1, 0.15) is 11.4 Å². The molecule has 0 fully saturated rings. The largest absolute Gasteiger partial charge is 0.444 e. The van der Waals surface area contributed by atoms with Crippen molar-refractivity contribution in [1.82, 2.24) is 14.5 Å². The molecule has 3 aromatic rings. The molecule has 1 aliphatic rings. The number of nitrogens with one attached hydrogen (secondary N) is 1. The highest BCUT2D eigenvalue weighted by molar-refractivity contribution is 6.04. The van der Waals surface area contributed by atoms with E-state index in [0.29, 0.717) is 35.9 Å². The van der Waals surface area contributed by atoms with Crippen molar-refractivity contribution in [3.05, 3.63) is 75.6 Å². The van der Waals surface area contributed by atoms with E-state index in [-0.39, 0.29) is 17.9 Å². The second-order valence-corrected chi connectivity index (χ2v) is 9.41. The van der Waals surface area contributed by atoms with E-state index in [1.807, 2.05) is 23.6 Å². The second-order valence-electron chi connectivity index (χ2n) is 9.41. The Morgan fingerprint density at radius 3 is 2.49 bits per heavy atom. The fourth-order valence-electron chi connectivity index (χ4n) is 3.84. The Labute approximate surface area is 202 Å². The molecule has 182 valence electrons. The van der Waals surface area contributed by atoms with Gasteiger partial charge in [0.15, 0.2) is 5.69 Å². The number of nitro benzene ring substituents is 1. The number of anilines is 1. The molecule has 1 N–H and O–H groups in total. The second kappa shape index (κ2) is 9.21. The predicted octanol–water partition coefficient (Wildman–Crippen LogP) is 4.77. The number of aromatic nitrogens is 2. The van der Waals surface area contributed by atoms with Gasteiger partial charge >= 0.3 is 6.09 Å². The maximum absolute atomic E-state index is 13.3. The van der Waals surface area contributed by atoms with Crippen molar-refractivity contribution < 1.29 is 19.2 Å². The number of carbonyl (C=O) groups is 2. The summed E-state index contributed by atoms with van der Waals surface area (Å²) in [5.74, 6) is 0.00178. The molecule has 10 heteroatoms. The topological polar surface area (TPSA) is 120 Å². The van der Waals surface area contributed by atoms with E-state index in [1.165, 1.54) is 17.0 Å². The Hall–Kier alpha value is -4.21. The van der Waals surface area contributed by atoms with E-state index in [9.17, 15) is 19.7 Å². The number of non-ortho nitro benzene ring substituents is 1. The third-order valence-corrected chi connectivity index (χ3v) is 5.50. The molecule has 0 aliphatic carbocycles. The highest BCUT2D eigenvalue weighted by Gasteiger charge is 2.32. The van der Waals surface area contributed by atoms with E-state index in [0.717, 1.165) is 5.56 Å². The van der Waals surface area contributed by atoms with Gasteiger partial charge in [-0.15, -0.1) is 0 Å². The molecule has 2 amide bonds. The van der Waals surface area contributed by atoms with Crippen LogP contribution < -0.4 is 5.32 Å². The van der Waals surface area contributed by atoms with Crippen LogP contribution in [0.3, 0.4) is 0 Å². The zero-order valence-electron chi connectivity index (χ0n) is 20.1.